The van der Waals surface area contributed by atoms with E-state index in [0.717, 1.165) is 21.0 Å². The Morgan fingerprint density at radius 2 is 2.00 bits per heavy atom. The first kappa shape index (κ1) is 14.1. The first-order valence-corrected chi connectivity index (χ1v) is 8.41. The van der Waals surface area contributed by atoms with Crippen LogP contribution in [0.4, 0.5) is 0 Å². The molecule has 0 radical (unpaired) electrons. The Kier molecular flexibility index (Phi) is 4.22. The van der Waals surface area contributed by atoms with Crippen LogP contribution in [0.3, 0.4) is 0 Å². The molecule has 5 heteroatoms. The minimum absolute atomic E-state index is 0.697. The van der Waals surface area contributed by atoms with Gasteiger partial charge in [0.2, 0.25) is 0 Å². The second-order valence-electron chi connectivity index (χ2n) is 4.66. The molecule has 106 valence electrons. The van der Waals surface area contributed by atoms with Crippen molar-refractivity contribution in [2.45, 2.75) is 17.7 Å². The van der Waals surface area contributed by atoms with Crippen LogP contribution in [0, 0.1) is 12.1 Å². The lowest BCUT2D eigenvalue weighted by Gasteiger charge is -2.01. The number of thioether (sulfide) groups is 1. The van der Waals surface area contributed by atoms with Crippen LogP contribution >= 0.6 is 23.1 Å². The van der Waals surface area contributed by atoms with E-state index in [0.29, 0.717) is 10.8 Å². The summed E-state index contributed by atoms with van der Waals surface area (Å²) in [4.78, 5) is 4.64. The van der Waals surface area contributed by atoms with Crippen molar-refractivity contribution in [2.24, 2.45) is 0 Å². The van der Waals surface area contributed by atoms with Crippen molar-refractivity contribution < 1.29 is 4.73 Å². The molecule has 3 rings (SSSR count). The lowest BCUT2D eigenvalue weighted by atomic mass is 10.2. The maximum absolute atomic E-state index is 11.6. The fourth-order valence-corrected chi connectivity index (χ4v) is 3.61. The highest BCUT2D eigenvalue weighted by Gasteiger charge is 2.08. The minimum atomic E-state index is 0.697. The summed E-state index contributed by atoms with van der Waals surface area (Å²) in [6.07, 6.45) is 1.51. The fourth-order valence-electron chi connectivity index (χ4n) is 1.87. The van der Waals surface area contributed by atoms with Crippen LogP contribution < -0.4 is 4.73 Å². The fraction of sp³-hybridized carbons (Fsp3) is 0.125. The van der Waals surface area contributed by atoms with E-state index in [1.54, 1.807) is 17.4 Å². The molecular formula is C16H14N2OS2. The molecule has 2 aromatic heterocycles. The van der Waals surface area contributed by atoms with Crippen molar-refractivity contribution in [1.29, 1.82) is 0 Å². The summed E-state index contributed by atoms with van der Waals surface area (Å²) in [6, 6.07) is 13.8. The molecule has 1 aromatic carbocycles. The second kappa shape index (κ2) is 6.28. The molecule has 2 heterocycles. The van der Waals surface area contributed by atoms with Crippen LogP contribution in [0.1, 0.15) is 11.3 Å². The van der Waals surface area contributed by atoms with Crippen molar-refractivity contribution in [3.63, 3.8) is 0 Å². The molecular weight excluding hydrogens is 300 g/mol. The van der Waals surface area contributed by atoms with Gasteiger partial charge in [0.15, 0.2) is 6.20 Å². The van der Waals surface area contributed by atoms with E-state index >= 15 is 0 Å². The van der Waals surface area contributed by atoms with Gasteiger partial charge < -0.3 is 5.21 Å². The van der Waals surface area contributed by atoms with E-state index in [1.165, 1.54) is 23.5 Å². The van der Waals surface area contributed by atoms with Gasteiger partial charge >= 0.3 is 0 Å². The van der Waals surface area contributed by atoms with Crippen molar-refractivity contribution in [2.75, 3.05) is 0 Å². The molecule has 21 heavy (non-hydrogen) atoms. The molecule has 3 aromatic rings. The predicted molar refractivity (Wildman–Crippen MR) is 87.3 cm³/mol. The zero-order valence-electron chi connectivity index (χ0n) is 11.5. The van der Waals surface area contributed by atoms with Crippen LogP contribution in [-0.4, -0.2) is 4.98 Å². The van der Waals surface area contributed by atoms with E-state index < -0.39 is 0 Å². The quantitative estimate of drug-likeness (QED) is 0.414. The van der Waals surface area contributed by atoms with Crippen LogP contribution in [0.15, 0.2) is 59.1 Å². The number of aromatic nitrogens is 2. The van der Waals surface area contributed by atoms with Gasteiger partial charge in [-0.05, 0) is 24.8 Å². The highest BCUT2D eigenvalue weighted by Crippen LogP contribution is 2.27. The Bertz CT molecular complexity index is 738. The Morgan fingerprint density at radius 3 is 2.76 bits per heavy atom. The van der Waals surface area contributed by atoms with E-state index in [-0.39, 0.29) is 0 Å². The molecule has 0 spiro atoms. The summed E-state index contributed by atoms with van der Waals surface area (Å²) in [6.45, 7) is 2.08. The molecule has 0 saturated carbocycles. The Morgan fingerprint density at radius 1 is 1.19 bits per heavy atom. The Hall–Kier alpha value is -1.85. The highest BCUT2D eigenvalue weighted by molar-refractivity contribution is 7.98. The first-order chi connectivity index (χ1) is 10.2. The van der Waals surface area contributed by atoms with Crippen molar-refractivity contribution >= 4 is 23.1 Å². The molecule has 3 nitrogen and oxygen atoms in total. The predicted octanol–water partition coefficient (Wildman–Crippen LogP) is 4.04. The van der Waals surface area contributed by atoms with E-state index in [2.05, 4.69) is 41.6 Å². The van der Waals surface area contributed by atoms with Gasteiger partial charge in [0.25, 0.3) is 5.03 Å². The lowest BCUT2D eigenvalue weighted by Crippen LogP contribution is -2.27. The monoisotopic (exact) mass is 314 g/mol. The number of thiazole rings is 1. The topological polar surface area (TPSA) is 39.8 Å². The number of benzene rings is 1. The van der Waals surface area contributed by atoms with Gasteiger partial charge in [0.05, 0.1) is 5.69 Å². The lowest BCUT2D eigenvalue weighted by molar-refractivity contribution is -0.645. The SMILES string of the molecule is Cc1ccc(-c2nc(CSc3cccc[n+]3[O-])cs2)cc1. The van der Waals surface area contributed by atoms with Crippen molar-refractivity contribution in [1.82, 2.24) is 4.98 Å². The van der Waals surface area contributed by atoms with E-state index in [4.69, 9.17) is 0 Å². The third kappa shape index (κ3) is 3.43. The molecule has 0 aliphatic carbocycles. The first-order valence-electron chi connectivity index (χ1n) is 6.55. The molecule has 0 N–H and O–H groups in total. The maximum Gasteiger partial charge on any atom is 0.251 e. The number of pyridine rings is 1. The third-order valence-electron chi connectivity index (χ3n) is 3.01. The number of hydrogen-bond donors (Lipinski definition) is 0. The van der Waals surface area contributed by atoms with E-state index in [9.17, 15) is 5.21 Å². The van der Waals surface area contributed by atoms with Crippen LogP contribution in [0.25, 0.3) is 10.6 Å². The van der Waals surface area contributed by atoms with Crippen molar-refractivity contribution in [3.8, 4) is 10.6 Å². The normalized spacial score (nSPS) is 10.7. The zero-order valence-corrected chi connectivity index (χ0v) is 13.2. The number of aryl methyl sites for hydroxylation is 1. The maximum atomic E-state index is 11.6. The number of nitrogens with zero attached hydrogens (tertiary/aromatic N) is 2. The molecule has 0 aliphatic heterocycles. The van der Waals surface area contributed by atoms with Gasteiger partial charge in [-0.2, -0.15) is 4.73 Å². The minimum Gasteiger partial charge on any atom is -0.618 e. The Balaban J connectivity index is 1.71. The number of hydrogen-bond acceptors (Lipinski definition) is 4. The summed E-state index contributed by atoms with van der Waals surface area (Å²) in [5.41, 5.74) is 3.39. The van der Waals surface area contributed by atoms with Gasteiger partial charge in [-0.25, -0.2) is 4.98 Å². The molecule has 0 aliphatic rings. The van der Waals surface area contributed by atoms with Gasteiger partial charge in [0.1, 0.15) is 5.01 Å². The average Bonchev–Trinajstić information content (AvgIpc) is 2.96. The largest absolute Gasteiger partial charge is 0.618 e. The number of rotatable bonds is 4. The molecule has 0 amide bonds. The summed E-state index contributed by atoms with van der Waals surface area (Å²) in [5.74, 6) is 0.703. The summed E-state index contributed by atoms with van der Waals surface area (Å²) in [5, 5.41) is 15.4. The van der Waals surface area contributed by atoms with Gasteiger partial charge in [-0.3, -0.25) is 0 Å². The van der Waals surface area contributed by atoms with Crippen LogP contribution in [0.2, 0.25) is 0 Å². The van der Waals surface area contributed by atoms with E-state index in [1.807, 2.05) is 12.1 Å². The zero-order chi connectivity index (χ0) is 14.7. The van der Waals surface area contributed by atoms with Gasteiger partial charge in [-0.15, -0.1) is 11.3 Å². The third-order valence-corrected chi connectivity index (χ3v) is 5.00. The molecule has 0 saturated heterocycles. The van der Waals surface area contributed by atoms with Gasteiger partial charge in [0, 0.05) is 28.8 Å². The molecule has 0 unspecified atom stereocenters. The average molecular weight is 314 g/mol. The molecule has 0 atom stereocenters. The standard InChI is InChI=1S/C16H14N2OS2/c1-12-5-7-13(8-6-12)16-17-14(11-21-16)10-20-15-4-2-3-9-18(15)19/h2-9,11H,10H2,1H3. The summed E-state index contributed by atoms with van der Waals surface area (Å²) < 4.78 is 0.887. The van der Waals surface area contributed by atoms with Gasteiger partial charge in [-0.1, -0.05) is 29.8 Å². The molecule has 0 bridgehead atoms. The highest BCUT2D eigenvalue weighted by atomic mass is 32.2. The second-order valence-corrected chi connectivity index (χ2v) is 6.52. The Labute approximate surface area is 131 Å². The van der Waals surface area contributed by atoms with Crippen molar-refractivity contribution in [3.05, 3.63) is 70.5 Å². The summed E-state index contributed by atoms with van der Waals surface area (Å²) in [7, 11) is 0. The summed E-state index contributed by atoms with van der Waals surface area (Å²) >= 11 is 3.14. The van der Waals surface area contributed by atoms with Crippen LogP contribution in [0.5, 0.6) is 0 Å². The van der Waals surface area contributed by atoms with Crippen LogP contribution in [-0.2, 0) is 5.75 Å². The smallest absolute Gasteiger partial charge is 0.251 e. The molecule has 0 fully saturated rings.